The third-order valence-corrected chi connectivity index (χ3v) is 2.10. The van der Waals surface area contributed by atoms with E-state index in [4.69, 9.17) is 10.3 Å². The van der Waals surface area contributed by atoms with E-state index in [-0.39, 0.29) is 17.1 Å². The van der Waals surface area contributed by atoms with Crippen LogP contribution in [0.2, 0.25) is 0 Å². The zero-order valence-electron chi connectivity index (χ0n) is 9.03. The molecule has 0 aliphatic rings. The van der Waals surface area contributed by atoms with Crippen LogP contribution in [0.25, 0.3) is 0 Å². The van der Waals surface area contributed by atoms with Crippen LogP contribution in [0.15, 0.2) is 28.8 Å². The third kappa shape index (κ3) is 2.41. The van der Waals surface area contributed by atoms with E-state index in [1.54, 1.807) is 6.92 Å². The summed E-state index contributed by atoms with van der Waals surface area (Å²) in [5, 5.41) is 5.99. The third-order valence-electron chi connectivity index (χ3n) is 2.10. The summed E-state index contributed by atoms with van der Waals surface area (Å²) in [7, 11) is 0. The Morgan fingerprint density at radius 1 is 1.47 bits per heavy atom. The zero-order chi connectivity index (χ0) is 12.4. The van der Waals surface area contributed by atoms with Crippen LogP contribution in [0, 0.1) is 12.7 Å². The van der Waals surface area contributed by atoms with Crippen LogP contribution in [-0.2, 0) is 0 Å². The lowest BCUT2D eigenvalue weighted by Gasteiger charge is -2.03. The van der Waals surface area contributed by atoms with Crippen molar-refractivity contribution < 1.29 is 13.7 Å². The molecular weight excluding hydrogens is 225 g/mol. The molecule has 1 aromatic carbocycles. The Kier molecular flexibility index (Phi) is 2.78. The first-order valence-corrected chi connectivity index (χ1v) is 4.86. The van der Waals surface area contributed by atoms with E-state index in [0.29, 0.717) is 5.69 Å². The Hall–Kier alpha value is -2.37. The van der Waals surface area contributed by atoms with Gasteiger partial charge in [-0.1, -0.05) is 5.16 Å². The van der Waals surface area contributed by atoms with E-state index in [1.807, 2.05) is 0 Å². The van der Waals surface area contributed by atoms with Crippen molar-refractivity contribution in [3.8, 4) is 0 Å². The summed E-state index contributed by atoms with van der Waals surface area (Å²) in [6, 6.07) is 5.38. The van der Waals surface area contributed by atoms with Crippen molar-refractivity contribution in [2.24, 2.45) is 0 Å². The van der Waals surface area contributed by atoms with Crippen molar-refractivity contribution in [3.63, 3.8) is 0 Å². The second-order valence-corrected chi connectivity index (χ2v) is 3.53. The predicted molar refractivity (Wildman–Crippen MR) is 60.0 cm³/mol. The Bertz CT molecular complexity index is 566. The molecule has 0 atom stereocenters. The van der Waals surface area contributed by atoms with E-state index in [1.165, 1.54) is 18.2 Å². The number of anilines is 2. The summed E-state index contributed by atoms with van der Waals surface area (Å²) < 4.78 is 18.2. The fourth-order valence-electron chi connectivity index (χ4n) is 1.32. The molecule has 3 N–H and O–H groups in total. The highest BCUT2D eigenvalue weighted by molar-refractivity contribution is 6.03. The van der Waals surface area contributed by atoms with Gasteiger partial charge in [-0.2, -0.15) is 0 Å². The first-order chi connectivity index (χ1) is 8.06. The minimum atomic E-state index is -0.682. The topological polar surface area (TPSA) is 81.2 Å². The molecule has 0 saturated carbocycles. The van der Waals surface area contributed by atoms with Gasteiger partial charge in [0.15, 0.2) is 0 Å². The van der Waals surface area contributed by atoms with Gasteiger partial charge in [-0.3, -0.25) is 10.1 Å². The number of hydrogen-bond acceptors (Lipinski definition) is 4. The normalized spacial score (nSPS) is 10.2. The van der Waals surface area contributed by atoms with Crippen molar-refractivity contribution in [3.05, 3.63) is 41.3 Å². The van der Waals surface area contributed by atoms with Crippen LogP contribution in [0.3, 0.4) is 0 Å². The Labute approximate surface area is 96.4 Å². The molecule has 6 heteroatoms. The maximum atomic E-state index is 13.4. The Morgan fingerprint density at radius 2 is 2.24 bits per heavy atom. The van der Waals surface area contributed by atoms with Crippen LogP contribution in [0.1, 0.15) is 16.1 Å². The quantitative estimate of drug-likeness (QED) is 0.779. The molecular formula is C11H10FN3O2. The van der Waals surface area contributed by atoms with E-state index in [0.717, 1.165) is 6.07 Å². The summed E-state index contributed by atoms with van der Waals surface area (Å²) in [6.45, 7) is 1.71. The van der Waals surface area contributed by atoms with Crippen LogP contribution in [0.5, 0.6) is 0 Å². The lowest BCUT2D eigenvalue weighted by atomic mass is 10.2. The van der Waals surface area contributed by atoms with Gasteiger partial charge in [-0.15, -0.1) is 0 Å². The second kappa shape index (κ2) is 4.25. The molecule has 0 aliphatic carbocycles. The van der Waals surface area contributed by atoms with Crippen LogP contribution >= 0.6 is 0 Å². The Morgan fingerprint density at radius 3 is 2.82 bits per heavy atom. The van der Waals surface area contributed by atoms with Gasteiger partial charge in [-0.05, 0) is 25.1 Å². The van der Waals surface area contributed by atoms with Gasteiger partial charge in [0.05, 0.1) is 11.3 Å². The van der Waals surface area contributed by atoms with Gasteiger partial charge < -0.3 is 10.3 Å². The van der Waals surface area contributed by atoms with Gasteiger partial charge in [0, 0.05) is 11.8 Å². The number of nitrogen functional groups attached to an aromatic ring is 1. The monoisotopic (exact) mass is 235 g/mol. The minimum absolute atomic E-state index is 0.103. The fraction of sp³-hybridized carbons (Fsp3) is 0.0909. The molecule has 2 rings (SSSR count). The number of rotatable bonds is 2. The lowest BCUT2D eigenvalue weighted by molar-refractivity contribution is 0.102. The summed E-state index contributed by atoms with van der Waals surface area (Å²) in [5.74, 6) is -1.12. The molecule has 0 unspecified atom stereocenters. The number of nitrogens with zero attached hydrogens (tertiary/aromatic N) is 1. The second-order valence-electron chi connectivity index (χ2n) is 3.53. The van der Waals surface area contributed by atoms with Crippen molar-refractivity contribution in [2.45, 2.75) is 6.92 Å². The summed E-state index contributed by atoms with van der Waals surface area (Å²) >= 11 is 0. The first-order valence-electron chi connectivity index (χ1n) is 4.86. The van der Waals surface area contributed by atoms with E-state index >= 15 is 0 Å². The number of carbonyl (C=O) groups is 1. The highest BCUT2D eigenvalue weighted by Crippen LogP contribution is 2.15. The average Bonchev–Trinajstić information content (AvgIpc) is 2.63. The number of hydrogen-bond donors (Lipinski definition) is 2. The average molecular weight is 235 g/mol. The molecule has 1 aromatic heterocycles. The molecule has 2 aromatic rings. The summed E-state index contributed by atoms with van der Waals surface area (Å²) in [4.78, 5) is 11.7. The number of carbonyl (C=O) groups excluding carboxylic acids is 1. The fourth-order valence-corrected chi connectivity index (χ4v) is 1.32. The molecule has 0 fully saturated rings. The number of aromatic nitrogens is 1. The molecule has 1 heterocycles. The highest BCUT2D eigenvalue weighted by Gasteiger charge is 2.13. The van der Waals surface area contributed by atoms with E-state index in [2.05, 4.69) is 10.5 Å². The summed E-state index contributed by atoms with van der Waals surface area (Å²) in [5.41, 5.74) is 6.16. The molecule has 88 valence electrons. The molecule has 0 radical (unpaired) electrons. The predicted octanol–water partition coefficient (Wildman–Crippen LogP) is 1.96. The van der Waals surface area contributed by atoms with Crippen molar-refractivity contribution >= 4 is 17.5 Å². The largest absolute Gasteiger partial charge is 0.399 e. The molecule has 0 bridgehead atoms. The van der Waals surface area contributed by atoms with Crippen molar-refractivity contribution in [1.82, 2.24) is 5.16 Å². The van der Waals surface area contributed by atoms with Gasteiger partial charge in [-0.25, -0.2) is 4.39 Å². The number of nitrogens with one attached hydrogen (secondary N) is 1. The molecule has 0 aliphatic heterocycles. The van der Waals surface area contributed by atoms with Gasteiger partial charge >= 0.3 is 0 Å². The van der Waals surface area contributed by atoms with Gasteiger partial charge in [0.25, 0.3) is 5.91 Å². The molecule has 0 spiro atoms. The number of halogens is 1. The number of aryl methyl sites for hydroxylation is 1. The van der Waals surface area contributed by atoms with E-state index in [9.17, 15) is 9.18 Å². The molecule has 5 nitrogen and oxygen atoms in total. The maximum absolute atomic E-state index is 13.4. The van der Waals surface area contributed by atoms with E-state index < -0.39 is 11.7 Å². The molecule has 1 amide bonds. The van der Waals surface area contributed by atoms with Crippen LogP contribution in [-0.4, -0.2) is 11.1 Å². The van der Waals surface area contributed by atoms with Crippen LogP contribution < -0.4 is 11.1 Å². The highest BCUT2D eigenvalue weighted by atomic mass is 19.1. The van der Waals surface area contributed by atoms with Crippen molar-refractivity contribution in [1.29, 1.82) is 0 Å². The Balaban J connectivity index is 2.20. The zero-order valence-corrected chi connectivity index (χ0v) is 9.03. The number of amides is 1. The van der Waals surface area contributed by atoms with Gasteiger partial charge in [0.1, 0.15) is 5.82 Å². The smallest absolute Gasteiger partial charge is 0.261 e. The number of nitrogens with two attached hydrogens (primary N) is 1. The first kappa shape index (κ1) is 11.1. The van der Waals surface area contributed by atoms with Crippen molar-refractivity contribution in [2.75, 3.05) is 11.1 Å². The molecule has 17 heavy (non-hydrogen) atoms. The minimum Gasteiger partial charge on any atom is -0.399 e. The lowest BCUT2D eigenvalue weighted by Crippen LogP contribution is -2.13. The molecule has 0 saturated heterocycles. The van der Waals surface area contributed by atoms with Gasteiger partial charge in [0.2, 0.25) is 5.88 Å². The maximum Gasteiger partial charge on any atom is 0.261 e. The van der Waals surface area contributed by atoms with Crippen LogP contribution in [0.4, 0.5) is 16.0 Å². The number of benzene rings is 1. The SMILES string of the molecule is Cc1cc(NC(=O)c2ccc(N)cc2F)on1. The summed E-state index contributed by atoms with van der Waals surface area (Å²) in [6.07, 6.45) is 0. The standard InChI is InChI=1S/C11H10FN3O2/c1-6-4-10(17-15-6)14-11(16)8-3-2-7(13)5-9(8)12/h2-5H,13H2,1H3,(H,14,16).